The zero-order valence-electron chi connectivity index (χ0n) is 10.2. The Labute approximate surface area is 115 Å². The average molecular weight is 280 g/mol. The SMILES string of the molecule is O=C(NCCCc1ncn[nH]1)Nc1ccccc1Cl. The Kier molecular flexibility index (Phi) is 4.74. The number of aryl methyl sites for hydroxylation is 1. The van der Waals surface area contributed by atoms with Crippen molar-refractivity contribution in [1.82, 2.24) is 20.5 Å². The number of halogens is 1. The van der Waals surface area contributed by atoms with Gasteiger partial charge in [-0.2, -0.15) is 5.10 Å². The third-order valence-electron chi connectivity index (χ3n) is 2.46. The minimum Gasteiger partial charge on any atom is -0.338 e. The van der Waals surface area contributed by atoms with Gasteiger partial charge in [0.15, 0.2) is 0 Å². The van der Waals surface area contributed by atoms with Gasteiger partial charge in [-0.25, -0.2) is 9.78 Å². The van der Waals surface area contributed by atoms with Crippen LogP contribution in [-0.4, -0.2) is 27.8 Å². The zero-order chi connectivity index (χ0) is 13.5. The topological polar surface area (TPSA) is 82.7 Å². The highest BCUT2D eigenvalue weighted by Gasteiger charge is 2.04. The third-order valence-corrected chi connectivity index (χ3v) is 2.79. The van der Waals surface area contributed by atoms with E-state index in [9.17, 15) is 4.79 Å². The second-order valence-corrected chi connectivity index (χ2v) is 4.30. The number of hydrogen-bond donors (Lipinski definition) is 3. The summed E-state index contributed by atoms with van der Waals surface area (Å²) in [4.78, 5) is 15.6. The first-order chi connectivity index (χ1) is 9.25. The lowest BCUT2D eigenvalue weighted by molar-refractivity contribution is 0.252. The largest absolute Gasteiger partial charge is 0.338 e. The number of rotatable bonds is 5. The molecule has 2 amide bonds. The molecule has 100 valence electrons. The highest BCUT2D eigenvalue weighted by Crippen LogP contribution is 2.19. The van der Waals surface area contributed by atoms with Crippen molar-refractivity contribution in [2.45, 2.75) is 12.8 Å². The number of H-pyrrole nitrogens is 1. The van der Waals surface area contributed by atoms with Crippen molar-refractivity contribution < 1.29 is 4.79 Å². The first-order valence-corrected chi connectivity index (χ1v) is 6.27. The lowest BCUT2D eigenvalue weighted by atomic mass is 10.3. The summed E-state index contributed by atoms with van der Waals surface area (Å²) in [5, 5.41) is 12.5. The van der Waals surface area contributed by atoms with Crippen molar-refractivity contribution in [3.63, 3.8) is 0 Å². The number of nitrogens with zero attached hydrogens (tertiary/aromatic N) is 2. The van der Waals surface area contributed by atoms with E-state index in [1.165, 1.54) is 6.33 Å². The quantitative estimate of drug-likeness (QED) is 0.734. The summed E-state index contributed by atoms with van der Waals surface area (Å²) in [6.07, 6.45) is 2.99. The molecule has 6 nitrogen and oxygen atoms in total. The molecule has 3 N–H and O–H groups in total. The van der Waals surface area contributed by atoms with Crippen LogP contribution in [0.5, 0.6) is 0 Å². The fraction of sp³-hybridized carbons (Fsp3) is 0.250. The van der Waals surface area contributed by atoms with Crippen molar-refractivity contribution >= 4 is 23.3 Å². The molecule has 0 bridgehead atoms. The maximum Gasteiger partial charge on any atom is 0.319 e. The second-order valence-electron chi connectivity index (χ2n) is 3.90. The van der Waals surface area contributed by atoms with Crippen LogP contribution in [0.25, 0.3) is 0 Å². The van der Waals surface area contributed by atoms with Crippen LogP contribution >= 0.6 is 11.6 Å². The fourth-order valence-electron chi connectivity index (χ4n) is 1.54. The highest BCUT2D eigenvalue weighted by atomic mass is 35.5. The Balaban J connectivity index is 1.69. The van der Waals surface area contributed by atoms with Gasteiger partial charge < -0.3 is 10.6 Å². The predicted molar refractivity (Wildman–Crippen MR) is 73.2 cm³/mol. The number of aromatic amines is 1. The van der Waals surface area contributed by atoms with Crippen LogP contribution in [0.3, 0.4) is 0 Å². The monoisotopic (exact) mass is 279 g/mol. The number of nitrogens with one attached hydrogen (secondary N) is 3. The Bertz CT molecular complexity index is 529. The van der Waals surface area contributed by atoms with Crippen molar-refractivity contribution in [2.24, 2.45) is 0 Å². The molecule has 0 unspecified atom stereocenters. The van der Waals surface area contributed by atoms with Crippen molar-refractivity contribution in [3.05, 3.63) is 41.4 Å². The van der Waals surface area contributed by atoms with E-state index in [0.29, 0.717) is 17.3 Å². The Morgan fingerprint density at radius 2 is 2.21 bits per heavy atom. The van der Waals surface area contributed by atoms with Crippen LogP contribution in [0.15, 0.2) is 30.6 Å². The van der Waals surface area contributed by atoms with Gasteiger partial charge in [-0.1, -0.05) is 23.7 Å². The molecule has 1 aromatic heterocycles. The van der Waals surface area contributed by atoms with Crippen molar-refractivity contribution in [2.75, 3.05) is 11.9 Å². The van der Waals surface area contributed by atoms with Gasteiger partial charge in [-0.15, -0.1) is 0 Å². The number of para-hydroxylation sites is 1. The number of carbonyl (C=O) groups is 1. The van der Waals surface area contributed by atoms with Crippen LogP contribution in [0.2, 0.25) is 5.02 Å². The summed E-state index contributed by atoms with van der Waals surface area (Å²) in [6.45, 7) is 0.553. The van der Waals surface area contributed by atoms with E-state index in [-0.39, 0.29) is 6.03 Å². The molecule has 0 radical (unpaired) electrons. The minimum absolute atomic E-state index is 0.273. The van der Waals surface area contributed by atoms with Crippen LogP contribution in [0.4, 0.5) is 10.5 Å². The second kappa shape index (κ2) is 6.75. The lowest BCUT2D eigenvalue weighted by Gasteiger charge is -2.08. The molecule has 0 spiro atoms. The third kappa shape index (κ3) is 4.26. The van der Waals surface area contributed by atoms with Gasteiger partial charge in [0.05, 0.1) is 10.7 Å². The van der Waals surface area contributed by atoms with Crippen molar-refractivity contribution in [3.8, 4) is 0 Å². The van der Waals surface area contributed by atoms with Crippen LogP contribution in [0.1, 0.15) is 12.2 Å². The molecule has 1 heterocycles. The summed E-state index contributed by atoms with van der Waals surface area (Å²) in [5.74, 6) is 0.813. The molecule has 0 atom stereocenters. The number of anilines is 1. The molecular formula is C12H14ClN5O. The summed E-state index contributed by atoms with van der Waals surface area (Å²) in [6, 6.07) is 6.82. The lowest BCUT2D eigenvalue weighted by Crippen LogP contribution is -2.29. The van der Waals surface area contributed by atoms with E-state index in [4.69, 9.17) is 11.6 Å². The van der Waals surface area contributed by atoms with Gasteiger partial charge in [0.1, 0.15) is 12.2 Å². The van der Waals surface area contributed by atoms with E-state index < -0.39 is 0 Å². The van der Waals surface area contributed by atoms with Crippen molar-refractivity contribution in [1.29, 1.82) is 0 Å². The summed E-state index contributed by atoms with van der Waals surface area (Å²) >= 11 is 5.94. The molecular weight excluding hydrogens is 266 g/mol. The van der Waals surface area contributed by atoms with E-state index in [1.54, 1.807) is 12.1 Å². The van der Waals surface area contributed by atoms with Gasteiger partial charge >= 0.3 is 6.03 Å². The number of hydrogen-bond acceptors (Lipinski definition) is 3. The molecule has 7 heteroatoms. The zero-order valence-corrected chi connectivity index (χ0v) is 10.9. The Morgan fingerprint density at radius 1 is 1.37 bits per heavy atom. The molecule has 0 fully saturated rings. The smallest absolute Gasteiger partial charge is 0.319 e. The summed E-state index contributed by atoms with van der Waals surface area (Å²) in [5.41, 5.74) is 0.594. The maximum absolute atomic E-state index is 11.6. The van der Waals surface area contributed by atoms with E-state index in [2.05, 4.69) is 25.8 Å². The first kappa shape index (κ1) is 13.4. The van der Waals surface area contributed by atoms with Gasteiger partial charge in [-0.3, -0.25) is 5.10 Å². The number of carbonyl (C=O) groups excluding carboxylic acids is 1. The molecule has 0 aliphatic rings. The first-order valence-electron chi connectivity index (χ1n) is 5.89. The normalized spacial score (nSPS) is 10.2. The van der Waals surface area contributed by atoms with Gasteiger partial charge in [-0.05, 0) is 18.6 Å². The molecule has 0 saturated carbocycles. The fourth-order valence-corrected chi connectivity index (χ4v) is 1.72. The van der Waals surface area contributed by atoms with Gasteiger partial charge in [0, 0.05) is 13.0 Å². The Hall–Kier alpha value is -2.08. The maximum atomic E-state index is 11.6. The number of urea groups is 1. The van der Waals surface area contributed by atoms with E-state index >= 15 is 0 Å². The van der Waals surface area contributed by atoms with Crippen LogP contribution in [-0.2, 0) is 6.42 Å². The molecule has 0 aliphatic heterocycles. The standard InChI is InChI=1S/C12H14ClN5O/c13-9-4-1-2-5-10(9)17-12(19)14-7-3-6-11-15-8-16-18-11/h1-2,4-5,8H,3,6-7H2,(H2,14,17,19)(H,15,16,18). The minimum atomic E-state index is -0.273. The molecule has 1 aromatic carbocycles. The molecule has 2 rings (SSSR count). The summed E-state index contributed by atoms with van der Waals surface area (Å²) < 4.78 is 0. The molecule has 0 saturated heterocycles. The highest BCUT2D eigenvalue weighted by molar-refractivity contribution is 6.33. The Morgan fingerprint density at radius 3 is 2.95 bits per heavy atom. The van der Waals surface area contributed by atoms with Gasteiger partial charge in [0.25, 0.3) is 0 Å². The predicted octanol–water partition coefficient (Wildman–Crippen LogP) is 2.21. The average Bonchev–Trinajstić information content (AvgIpc) is 2.91. The van der Waals surface area contributed by atoms with E-state index in [1.807, 2.05) is 12.1 Å². The molecule has 0 aliphatic carbocycles. The van der Waals surface area contributed by atoms with Crippen LogP contribution < -0.4 is 10.6 Å². The van der Waals surface area contributed by atoms with E-state index in [0.717, 1.165) is 18.7 Å². The number of aromatic nitrogens is 3. The molecule has 2 aromatic rings. The van der Waals surface area contributed by atoms with Crippen LogP contribution in [0, 0.1) is 0 Å². The number of benzene rings is 1. The van der Waals surface area contributed by atoms with Gasteiger partial charge in [0.2, 0.25) is 0 Å². The number of amides is 2. The molecule has 19 heavy (non-hydrogen) atoms. The summed E-state index contributed by atoms with van der Waals surface area (Å²) in [7, 11) is 0.